The Bertz CT molecular complexity index is 402. The van der Waals surface area contributed by atoms with Crippen molar-refractivity contribution in [1.29, 1.82) is 0 Å². The van der Waals surface area contributed by atoms with Gasteiger partial charge in [-0.25, -0.2) is 13.6 Å². The zero-order valence-electron chi connectivity index (χ0n) is 8.74. The normalized spacial score (nSPS) is 19.2. The van der Waals surface area contributed by atoms with Crippen LogP contribution in [0.4, 0.5) is 14.5 Å². The van der Waals surface area contributed by atoms with E-state index in [1.165, 1.54) is 19.2 Å². The summed E-state index contributed by atoms with van der Waals surface area (Å²) in [6.45, 7) is 0.600. The standard InChI is InChI=1S/C11H11F2NO2/c1-16-11(15)10-2-3-14(10)9-5-7(12)4-8(13)6-9/h4-6,10H,2-3H2,1H3. The van der Waals surface area contributed by atoms with Crippen molar-refractivity contribution in [3.05, 3.63) is 29.8 Å². The number of hydrogen-bond acceptors (Lipinski definition) is 3. The van der Waals surface area contributed by atoms with E-state index < -0.39 is 17.7 Å². The minimum atomic E-state index is -0.648. The molecule has 0 aromatic heterocycles. The van der Waals surface area contributed by atoms with Crippen LogP contribution in [0.5, 0.6) is 0 Å². The molecule has 0 spiro atoms. The van der Waals surface area contributed by atoms with Crippen LogP contribution in [0.1, 0.15) is 6.42 Å². The minimum Gasteiger partial charge on any atom is -0.467 e. The maximum Gasteiger partial charge on any atom is 0.328 e. The Kier molecular flexibility index (Phi) is 2.77. The highest BCUT2D eigenvalue weighted by Gasteiger charge is 2.35. The molecular weight excluding hydrogens is 216 g/mol. The van der Waals surface area contributed by atoms with E-state index in [2.05, 4.69) is 4.74 Å². The lowest BCUT2D eigenvalue weighted by Crippen LogP contribution is -2.53. The summed E-state index contributed by atoms with van der Waals surface area (Å²) in [6, 6.07) is 2.79. The summed E-state index contributed by atoms with van der Waals surface area (Å²) in [7, 11) is 1.30. The molecule has 0 bridgehead atoms. The third kappa shape index (κ3) is 1.85. The number of anilines is 1. The van der Waals surface area contributed by atoms with Gasteiger partial charge in [-0.2, -0.15) is 0 Å². The zero-order valence-corrected chi connectivity index (χ0v) is 8.74. The molecule has 5 heteroatoms. The van der Waals surface area contributed by atoms with Crippen molar-refractivity contribution in [2.45, 2.75) is 12.5 Å². The molecule has 0 aliphatic carbocycles. The number of methoxy groups -OCH3 is 1. The molecule has 1 fully saturated rings. The van der Waals surface area contributed by atoms with Crippen LogP contribution >= 0.6 is 0 Å². The van der Waals surface area contributed by atoms with Crippen LogP contribution < -0.4 is 4.90 Å². The molecule has 1 aliphatic rings. The first-order valence-corrected chi connectivity index (χ1v) is 4.92. The topological polar surface area (TPSA) is 29.5 Å². The van der Waals surface area contributed by atoms with E-state index in [9.17, 15) is 13.6 Å². The minimum absolute atomic E-state index is 0.374. The molecule has 0 N–H and O–H groups in total. The van der Waals surface area contributed by atoms with E-state index in [4.69, 9.17) is 0 Å². The van der Waals surface area contributed by atoms with Crippen LogP contribution in [0.25, 0.3) is 0 Å². The van der Waals surface area contributed by atoms with Crippen molar-refractivity contribution in [3.63, 3.8) is 0 Å². The van der Waals surface area contributed by atoms with Crippen molar-refractivity contribution in [2.75, 3.05) is 18.6 Å². The average Bonchev–Trinajstić information content (AvgIpc) is 2.14. The Labute approximate surface area is 91.6 Å². The second-order valence-electron chi connectivity index (χ2n) is 3.65. The summed E-state index contributed by atoms with van der Waals surface area (Å²) in [6.07, 6.45) is 0.644. The molecule has 1 atom stereocenters. The van der Waals surface area contributed by atoms with Crippen LogP contribution in [0.2, 0.25) is 0 Å². The van der Waals surface area contributed by atoms with Gasteiger partial charge in [0, 0.05) is 18.3 Å². The van der Waals surface area contributed by atoms with Gasteiger partial charge in [-0.1, -0.05) is 0 Å². The fourth-order valence-corrected chi connectivity index (χ4v) is 1.78. The lowest BCUT2D eigenvalue weighted by atomic mass is 10.0. The first-order chi connectivity index (χ1) is 7.61. The maximum atomic E-state index is 13.0. The van der Waals surface area contributed by atoms with Crippen molar-refractivity contribution in [3.8, 4) is 0 Å². The van der Waals surface area contributed by atoms with Crippen LogP contribution in [-0.2, 0) is 9.53 Å². The number of ether oxygens (including phenoxy) is 1. The van der Waals surface area contributed by atoms with Gasteiger partial charge in [-0.3, -0.25) is 0 Å². The molecule has 2 rings (SSSR count). The van der Waals surface area contributed by atoms with E-state index in [0.717, 1.165) is 6.07 Å². The Morgan fingerprint density at radius 1 is 1.38 bits per heavy atom. The fourth-order valence-electron chi connectivity index (χ4n) is 1.78. The van der Waals surface area contributed by atoms with Crippen LogP contribution in [0.15, 0.2) is 18.2 Å². The summed E-state index contributed by atoms with van der Waals surface area (Å²) in [5.41, 5.74) is 0.374. The van der Waals surface area contributed by atoms with Crippen LogP contribution in [0.3, 0.4) is 0 Å². The first-order valence-electron chi connectivity index (χ1n) is 4.92. The molecule has 1 aromatic rings. The summed E-state index contributed by atoms with van der Waals surface area (Å²) >= 11 is 0. The number of carbonyl (C=O) groups excluding carboxylic acids is 1. The Hall–Kier alpha value is -1.65. The molecule has 1 saturated heterocycles. The van der Waals surface area contributed by atoms with E-state index in [0.29, 0.717) is 18.7 Å². The molecule has 1 heterocycles. The highest BCUT2D eigenvalue weighted by atomic mass is 19.1. The van der Waals surface area contributed by atoms with Crippen molar-refractivity contribution in [1.82, 2.24) is 0 Å². The van der Waals surface area contributed by atoms with E-state index in [1.807, 2.05) is 0 Å². The van der Waals surface area contributed by atoms with Gasteiger partial charge in [0.25, 0.3) is 0 Å². The number of rotatable bonds is 2. The zero-order chi connectivity index (χ0) is 11.7. The first kappa shape index (κ1) is 10.9. The Morgan fingerprint density at radius 2 is 2.00 bits per heavy atom. The number of hydrogen-bond donors (Lipinski definition) is 0. The molecular formula is C11H11F2NO2. The number of benzene rings is 1. The highest BCUT2D eigenvalue weighted by molar-refractivity contribution is 5.82. The second-order valence-corrected chi connectivity index (χ2v) is 3.65. The van der Waals surface area contributed by atoms with Gasteiger partial charge >= 0.3 is 5.97 Å². The predicted octanol–water partition coefficient (Wildman–Crippen LogP) is 1.72. The molecule has 0 amide bonds. The molecule has 1 aliphatic heterocycles. The quantitative estimate of drug-likeness (QED) is 0.720. The van der Waals surface area contributed by atoms with E-state index >= 15 is 0 Å². The van der Waals surface area contributed by atoms with Crippen molar-refractivity contribution < 1.29 is 18.3 Å². The van der Waals surface area contributed by atoms with Gasteiger partial charge in [-0.05, 0) is 18.6 Å². The smallest absolute Gasteiger partial charge is 0.328 e. The lowest BCUT2D eigenvalue weighted by Gasteiger charge is -2.40. The third-order valence-corrected chi connectivity index (χ3v) is 2.67. The van der Waals surface area contributed by atoms with Crippen LogP contribution in [-0.4, -0.2) is 25.7 Å². The Morgan fingerprint density at radius 3 is 2.44 bits per heavy atom. The predicted molar refractivity (Wildman–Crippen MR) is 54.1 cm³/mol. The van der Waals surface area contributed by atoms with E-state index in [1.54, 1.807) is 4.90 Å². The molecule has 0 saturated carbocycles. The van der Waals surface area contributed by atoms with Gasteiger partial charge in [0.1, 0.15) is 17.7 Å². The molecule has 86 valence electrons. The average molecular weight is 227 g/mol. The summed E-state index contributed by atoms with van der Waals surface area (Å²) in [5, 5.41) is 0. The SMILES string of the molecule is COC(=O)C1CCN1c1cc(F)cc(F)c1. The molecule has 1 aromatic carbocycles. The van der Waals surface area contributed by atoms with Crippen LogP contribution in [0, 0.1) is 11.6 Å². The van der Waals surface area contributed by atoms with Gasteiger partial charge in [0.05, 0.1) is 7.11 Å². The molecule has 16 heavy (non-hydrogen) atoms. The van der Waals surface area contributed by atoms with Gasteiger partial charge < -0.3 is 9.64 Å². The van der Waals surface area contributed by atoms with Gasteiger partial charge in [-0.15, -0.1) is 0 Å². The van der Waals surface area contributed by atoms with Crippen molar-refractivity contribution in [2.24, 2.45) is 0 Å². The summed E-state index contributed by atoms with van der Waals surface area (Å²) in [4.78, 5) is 12.9. The largest absolute Gasteiger partial charge is 0.467 e. The fraction of sp³-hybridized carbons (Fsp3) is 0.364. The molecule has 1 unspecified atom stereocenters. The summed E-state index contributed by atoms with van der Waals surface area (Å²) < 4.78 is 30.6. The summed E-state index contributed by atoms with van der Waals surface area (Å²) in [5.74, 6) is -1.67. The maximum absolute atomic E-state index is 13.0. The van der Waals surface area contributed by atoms with Gasteiger partial charge in [0.15, 0.2) is 0 Å². The van der Waals surface area contributed by atoms with E-state index in [-0.39, 0.29) is 5.97 Å². The second kappa shape index (κ2) is 4.08. The molecule has 0 radical (unpaired) electrons. The monoisotopic (exact) mass is 227 g/mol. The van der Waals surface area contributed by atoms with Gasteiger partial charge in [0.2, 0.25) is 0 Å². The highest BCUT2D eigenvalue weighted by Crippen LogP contribution is 2.28. The number of esters is 1. The lowest BCUT2D eigenvalue weighted by molar-refractivity contribution is -0.143. The van der Waals surface area contributed by atoms with Crippen molar-refractivity contribution >= 4 is 11.7 Å². The third-order valence-electron chi connectivity index (χ3n) is 2.67. The Balaban J connectivity index is 2.21. The number of nitrogens with zero attached hydrogens (tertiary/aromatic N) is 1. The number of halogens is 2. The molecule has 3 nitrogen and oxygen atoms in total. The number of carbonyl (C=O) groups is 1.